The molecule has 2 aromatic rings. The van der Waals surface area contributed by atoms with Crippen molar-refractivity contribution in [2.45, 2.75) is 13.1 Å². The molecule has 0 fully saturated rings. The summed E-state index contributed by atoms with van der Waals surface area (Å²) in [5.41, 5.74) is 3.34. The molecule has 0 amide bonds. The van der Waals surface area contributed by atoms with E-state index in [0.29, 0.717) is 12.4 Å². The number of rotatable bonds is 5. The maximum Gasteiger partial charge on any atom is 0.158 e. The Morgan fingerprint density at radius 2 is 2.11 bits per heavy atom. The van der Waals surface area contributed by atoms with Crippen LogP contribution in [0.1, 0.15) is 11.5 Å². The number of imidazole rings is 1. The van der Waals surface area contributed by atoms with Crippen LogP contribution >= 0.6 is 0 Å². The fraction of sp³-hybridized carbons (Fsp3) is 0.364. The Labute approximate surface area is 106 Å². The van der Waals surface area contributed by atoms with Gasteiger partial charge in [-0.05, 0) is 7.05 Å². The van der Waals surface area contributed by atoms with Gasteiger partial charge in [-0.1, -0.05) is 0 Å². The van der Waals surface area contributed by atoms with E-state index < -0.39 is 0 Å². The van der Waals surface area contributed by atoms with Gasteiger partial charge in [0.1, 0.15) is 5.82 Å². The number of nitrogens with one attached hydrogen (secondary N) is 1. The number of hydrogen-bond acceptors (Lipinski definition) is 6. The smallest absolute Gasteiger partial charge is 0.158 e. The molecule has 0 aliphatic heterocycles. The number of aromatic nitrogens is 4. The molecule has 0 saturated carbocycles. The SMILES string of the molecule is CN(Cc1cnc(NN)cn1)Cc1nccn1C. The van der Waals surface area contributed by atoms with Crippen LogP contribution in [0.4, 0.5) is 5.82 Å². The molecule has 0 saturated heterocycles. The summed E-state index contributed by atoms with van der Waals surface area (Å²) >= 11 is 0. The van der Waals surface area contributed by atoms with Gasteiger partial charge in [0, 0.05) is 26.0 Å². The predicted molar refractivity (Wildman–Crippen MR) is 68.2 cm³/mol. The second-order valence-electron chi connectivity index (χ2n) is 4.16. The minimum atomic E-state index is 0.561. The van der Waals surface area contributed by atoms with E-state index >= 15 is 0 Å². The van der Waals surface area contributed by atoms with Crippen LogP contribution in [0.25, 0.3) is 0 Å². The molecule has 0 aliphatic rings. The molecule has 7 heteroatoms. The van der Waals surface area contributed by atoms with Crippen molar-refractivity contribution in [1.29, 1.82) is 0 Å². The molecule has 0 aliphatic carbocycles. The number of nitrogens with zero attached hydrogens (tertiary/aromatic N) is 5. The van der Waals surface area contributed by atoms with Crippen molar-refractivity contribution in [2.24, 2.45) is 12.9 Å². The first kappa shape index (κ1) is 12.5. The molecule has 2 rings (SSSR count). The van der Waals surface area contributed by atoms with Crippen LogP contribution < -0.4 is 11.3 Å². The Hall–Kier alpha value is -1.99. The summed E-state index contributed by atoms with van der Waals surface area (Å²) in [4.78, 5) is 14.8. The molecule has 0 unspecified atom stereocenters. The molecule has 0 aromatic carbocycles. The van der Waals surface area contributed by atoms with Gasteiger partial charge < -0.3 is 9.99 Å². The molecule has 3 N–H and O–H groups in total. The fourth-order valence-corrected chi connectivity index (χ4v) is 1.63. The first-order chi connectivity index (χ1) is 8.69. The Balaban J connectivity index is 1.94. The molecule has 0 atom stereocenters. The van der Waals surface area contributed by atoms with Crippen molar-refractivity contribution in [3.63, 3.8) is 0 Å². The van der Waals surface area contributed by atoms with E-state index in [9.17, 15) is 0 Å². The zero-order valence-corrected chi connectivity index (χ0v) is 10.5. The maximum absolute atomic E-state index is 5.23. The molecule has 7 nitrogen and oxygen atoms in total. The topological polar surface area (TPSA) is 84.9 Å². The van der Waals surface area contributed by atoms with Gasteiger partial charge in [0.05, 0.1) is 24.6 Å². The standard InChI is InChI=1S/C11H17N7/c1-17(8-11-13-3-4-18(11)2)7-9-5-15-10(16-12)6-14-9/h3-6H,7-8,12H2,1-2H3,(H,15,16). The zero-order chi connectivity index (χ0) is 13.0. The minimum Gasteiger partial charge on any atom is -0.337 e. The summed E-state index contributed by atoms with van der Waals surface area (Å²) < 4.78 is 2.00. The highest BCUT2D eigenvalue weighted by Gasteiger charge is 2.06. The van der Waals surface area contributed by atoms with Crippen LogP contribution in [0.5, 0.6) is 0 Å². The summed E-state index contributed by atoms with van der Waals surface area (Å²) in [6.45, 7) is 1.48. The molecule has 18 heavy (non-hydrogen) atoms. The third-order valence-electron chi connectivity index (χ3n) is 2.62. The van der Waals surface area contributed by atoms with Crippen LogP contribution in [-0.4, -0.2) is 31.5 Å². The number of aryl methyl sites for hydroxylation is 1. The van der Waals surface area contributed by atoms with E-state index in [1.165, 1.54) is 0 Å². The number of nitrogens with two attached hydrogens (primary N) is 1. The number of hydrogen-bond donors (Lipinski definition) is 2. The highest BCUT2D eigenvalue weighted by molar-refractivity contribution is 5.28. The second-order valence-corrected chi connectivity index (χ2v) is 4.16. The summed E-state index contributed by atoms with van der Waals surface area (Å²) in [5.74, 6) is 6.81. The van der Waals surface area contributed by atoms with Crippen LogP contribution in [0.2, 0.25) is 0 Å². The summed E-state index contributed by atoms with van der Waals surface area (Å²) in [6, 6.07) is 0. The van der Waals surface area contributed by atoms with E-state index in [0.717, 1.165) is 18.1 Å². The quantitative estimate of drug-likeness (QED) is 0.577. The Kier molecular flexibility index (Phi) is 3.85. The number of anilines is 1. The highest BCUT2D eigenvalue weighted by atomic mass is 15.3. The Morgan fingerprint density at radius 3 is 2.67 bits per heavy atom. The van der Waals surface area contributed by atoms with Crippen molar-refractivity contribution >= 4 is 5.82 Å². The van der Waals surface area contributed by atoms with Crippen molar-refractivity contribution in [1.82, 2.24) is 24.4 Å². The van der Waals surface area contributed by atoms with E-state index in [2.05, 4.69) is 25.3 Å². The molecule has 0 radical (unpaired) electrons. The lowest BCUT2D eigenvalue weighted by Crippen LogP contribution is -2.20. The molecule has 0 bridgehead atoms. The lowest BCUT2D eigenvalue weighted by Gasteiger charge is -2.15. The van der Waals surface area contributed by atoms with Gasteiger partial charge in [-0.2, -0.15) is 0 Å². The summed E-state index contributed by atoms with van der Waals surface area (Å²) in [7, 11) is 4.00. The molecule has 2 heterocycles. The molecular formula is C11H17N7. The Morgan fingerprint density at radius 1 is 1.28 bits per heavy atom. The minimum absolute atomic E-state index is 0.561. The third kappa shape index (κ3) is 3.02. The van der Waals surface area contributed by atoms with Gasteiger partial charge in [-0.25, -0.2) is 15.8 Å². The summed E-state index contributed by atoms with van der Waals surface area (Å²) in [5, 5.41) is 0. The number of nitrogen functional groups attached to an aromatic ring is 1. The average molecular weight is 247 g/mol. The van der Waals surface area contributed by atoms with E-state index in [-0.39, 0.29) is 0 Å². The van der Waals surface area contributed by atoms with Crippen LogP contribution in [0, 0.1) is 0 Å². The average Bonchev–Trinajstić information content (AvgIpc) is 2.76. The van der Waals surface area contributed by atoms with Gasteiger partial charge in [0.15, 0.2) is 5.82 Å². The Bertz CT molecular complexity index is 490. The van der Waals surface area contributed by atoms with Crippen molar-refractivity contribution in [3.05, 3.63) is 36.3 Å². The highest BCUT2D eigenvalue weighted by Crippen LogP contribution is 2.05. The normalized spacial score (nSPS) is 10.9. The van der Waals surface area contributed by atoms with Gasteiger partial charge in [0.25, 0.3) is 0 Å². The molecule has 2 aromatic heterocycles. The monoisotopic (exact) mass is 247 g/mol. The van der Waals surface area contributed by atoms with Gasteiger partial charge in [0.2, 0.25) is 0 Å². The maximum atomic E-state index is 5.23. The second kappa shape index (κ2) is 5.56. The van der Waals surface area contributed by atoms with Gasteiger partial charge in [-0.3, -0.25) is 9.88 Å². The van der Waals surface area contributed by atoms with Gasteiger partial charge in [-0.15, -0.1) is 0 Å². The third-order valence-corrected chi connectivity index (χ3v) is 2.62. The van der Waals surface area contributed by atoms with Crippen LogP contribution in [0.3, 0.4) is 0 Å². The van der Waals surface area contributed by atoms with Gasteiger partial charge >= 0.3 is 0 Å². The fourth-order valence-electron chi connectivity index (χ4n) is 1.63. The predicted octanol–water partition coefficient (Wildman–Crippen LogP) is 0.128. The summed E-state index contributed by atoms with van der Waals surface area (Å²) in [6.07, 6.45) is 7.06. The van der Waals surface area contributed by atoms with E-state index in [4.69, 9.17) is 5.84 Å². The van der Waals surface area contributed by atoms with E-state index in [1.807, 2.05) is 24.9 Å². The lowest BCUT2D eigenvalue weighted by molar-refractivity contribution is 0.303. The number of hydrazine groups is 1. The first-order valence-corrected chi connectivity index (χ1v) is 5.61. The van der Waals surface area contributed by atoms with Crippen LogP contribution in [-0.2, 0) is 20.1 Å². The zero-order valence-electron chi connectivity index (χ0n) is 10.5. The largest absolute Gasteiger partial charge is 0.337 e. The van der Waals surface area contributed by atoms with Crippen molar-refractivity contribution in [3.8, 4) is 0 Å². The van der Waals surface area contributed by atoms with Crippen LogP contribution in [0.15, 0.2) is 24.8 Å². The molecule has 0 spiro atoms. The molecular weight excluding hydrogens is 230 g/mol. The lowest BCUT2D eigenvalue weighted by atomic mass is 10.4. The molecule has 96 valence electrons. The van der Waals surface area contributed by atoms with Crippen molar-refractivity contribution < 1.29 is 0 Å². The first-order valence-electron chi connectivity index (χ1n) is 5.61. The van der Waals surface area contributed by atoms with Crippen molar-refractivity contribution in [2.75, 3.05) is 12.5 Å². The van der Waals surface area contributed by atoms with E-state index in [1.54, 1.807) is 18.6 Å².